The molecule has 8 heteroatoms. The van der Waals surface area contributed by atoms with Crippen LogP contribution in [0.1, 0.15) is 44.0 Å². The van der Waals surface area contributed by atoms with E-state index in [0.717, 1.165) is 39.2 Å². The summed E-state index contributed by atoms with van der Waals surface area (Å²) >= 11 is 1.31. The summed E-state index contributed by atoms with van der Waals surface area (Å²) in [6.45, 7) is 10.2. The Labute approximate surface area is 221 Å². The molecule has 4 rings (SSSR count). The minimum atomic E-state index is -0.176. The average molecular weight is 514 g/mol. The molecule has 0 bridgehead atoms. The number of nitrogens with one attached hydrogen (secondary N) is 2. The molecule has 0 saturated heterocycles. The molecular formula is C29H31N5O2S. The topological polar surface area (TPSA) is 88.9 Å². The van der Waals surface area contributed by atoms with E-state index in [-0.39, 0.29) is 24.1 Å². The summed E-state index contributed by atoms with van der Waals surface area (Å²) in [6.07, 6.45) is 0. The fourth-order valence-corrected chi connectivity index (χ4v) is 4.67. The lowest BCUT2D eigenvalue weighted by Gasteiger charge is -2.14. The Morgan fingerprint density at radius 2 is 1.59 bits per heavy atom. The molecule has 4 aromatic rings. The lowest BCUT2D eigenvalue weighted by atomic mass is 10.1. The van der Waals surface area contributed by atoms with Gasteiger partial charge in [0.15, 0.2) is 11.0 Å². The number of anilines is 1. The number of hydrogen-bond acceptors (Lipinski definition) is 5. The van der Waals surface area contributed by atoms with Crippen LogP contribution in [0.5, 0.6) is 0 Å². The molecule has 1 heterocycles. The molecule has 0 saturated carbocycles. The zero-order valence-electron chi connectivity index (χ0n) is 21.8. The molecule has 0 atom stereocenters. The van der Waals surface area contributed by atoms with E-state index in [1.807, 2.05) is 93.8 Å². The fraction of sp³-hybridized carbons (Fsp3) is 0.241. The number of aryl methyl sites for hydroxylation is 5. The largest absolute Gasteiger partial charge is 0.345 e. The van der Waals surface area contributed by atoms with E-state index in [2.05, 4.69) is 26.9 Å². The van der Waals surface area contributed by atoms with Gasteiger partial charge in [-0.1, -0.05) is 42.1 Å². The molecule has 0 aliphatic rings. The van der Waals surface area contributed by atoms with Crippen LogP contribution in [0.2, 0.25) is 0 Å². The van der Waals surface area contributed by atoms with Gasteiger partial charge in [0.25, 0.3) is 5.91 Å². The molecule has 0 fully saturated rings. The first-order chi connectivity index (χ1) is 17.7. The van der Waals surface area contributed by atoms with E-state index in [0.29, 0.717) is 16.5 Å². The van der Waals surface area contributed by atoms with Gasteiger partial charge < -0.3 is 10.6 Å². The third kappa shape index (κ3) is 6.46. The van der Waals surface area contributed by atoms with Gasteiger partial charge in [-0.25, -0.2) is 0 Å². The summed E-state index contributed by atoms with van der Waals surface area (Å²) in [5.41, 5.74) is 7.69. The Hall–Kier alpha value is -3.91. The van der Waals surface area contributed by atoms with Crippen LogP contribution in [0, 0.1) is 34.6 Å². The van der Waals surface area contributed by atoms with Crippen LogP contribution in [-0.4, -0.2) is 32.3 Å². The number of hydrogen-bond donors (Lipinski definition) is 2. The van der Waals surface area contributed by atoms with E-state index in [1.165, 1.54) is 11.8 Å². The maximum atomic E-state index is 12.8. The monoisotopic (exact) mass is 513 g/mol. The number of benzene rings is 3. The molecule has 0 radical (unpaired) electrons. The van der Waals surface area contributed by atoms with Crippen molar-refractivity contribution in [3.05, 3.63) is 99.9 Å². The van der Waals surface area contributed by atoms with Crippen LogP contribution in [0.3, 0.4) is 0 Å². The van der Waals surface area contributed by atoms with E-state index >= 15 is 0 Å². The SMILES string of the molecule is Cc1cccc(NC(=O)CSc2nnc(CNC(=O)c3ccc(C)c(C)c3)n2-c2cc(C)ccc2C)c1. The third-order valence-corrected chi connectivity index (χ3v) is 7.05. The molecule has 190 valence electrons. The summed E-state index contributed by atoms with van der Waals surface area (Å²) in [5.74, 6) is 0.458. The number of thioether (sulfide) groups is 1. The van der Waals surface area contributed by atoms with Gasteiger partial charge in [0.05, 0.1) is 18.0 Å². The molecule has 2 amide bonds. The number of aromatic nitrogens is 3. The zero-order valence-corrected chi connectivity index (χ0v) is 22.6. The van der Waals surface area contributed by atoms with Crippen molar-refractivity contribution < 1.29 is 9.59 Å². The van der Waals surface area contributed by atoms with Crippen LogP contribution in [-0.2, 0) is 11.3 Å². The van der Waals surface area contributed by atoms with Crippen LogP contribution in [0.25, 0.3) is 5.69 Å². The number of nitrogens with zero attached hydrogens (tertiary/aromatic N) is 3. The molecule has 0 spiro atoms. The lowest BCUT2D eigenvalue weighted by molar-refractivity contribution is -0.113. The second-order valence-electron chi connectivity index (χ2n) is 9.21. The van der Waals surface area contributed by atoms with Crippen LogP contribution < -0.4 is 10.6 Å². The first-order valence-corrected chi connectivity index (χ1v) is 13.1. The summed E-state index contributed by atoms with van der Waals surface area (Å²) in [6, 6.07) is 19.5. The highest BCUT2D eigenvalue weighted by Gasteiger charge is 2.19. The first kappa shape index (κ1) is 26.2. The van der Waals surface area contributed by atoms with Crippen molar-refractivity contribution in [2.24, 2.45) is 0 Å². The smallest absolute Gasteiger partial charge is 0.251 e. The number of rotatable bonds is 8. The predicted molar refractivity (Wildman–Crippen MR) is 148 cm³/mol. The molecule has 3 aromatic carbocycles. The highest BCUT2D eigenvalue weighted by atomic mass is 32.2. The Kier molecular flexibility index (Phi) is 8.08. The maximum Gasteiger partial charge on any atom is 0.251 e. The van der Waals surface area contributed by atoms with Gasteiger partial charge in [-0.05, 0) is 92.8 Å². The first-order valence-electron chi connectivity index (χ1n) is 12.1. The number of amides is 2. The number of carbonyl (C=O) groups excluding carboxylic acids is 2. The quantitative estimate of drug-likeness (QED) is 0.305. The van der Waals surface area contributed by atoms with Gasteiger partial charge >= 0.3 is 0 Å². The van der Waals surface area contributed by atoms with Gasteiger partial charge in [0.2, 0.25) is 5.91 Å². The number of carbonyl (C=O) groups is 2. The summed E-state index contributed by atoms with van der Waals surface area (Å²) < 4.78 is 1.92. The van der Waals surface area contributed by atoms with Crippen molar-refractivity contribution in [3.63, 3.8) is 0 Å². The Morgan fingerprint density at radius 1 is 0.838 bits per heavy atom. The Bertz CT molecular complexity index is 1460. The van der Waals surface area contributed by atoms with Crippen molar-refractivity contribution in [1.82, 2.24) is 20.1 Å². The minimum absolute atomic E-state index is 0.129. The summed E-state index contributed by atoms with van der Waals surface area (Å²) in [7, 11) is 0. The Balaban J connectivity index is 1.55. The zero-order chi connectivity index (χ0) is 26.5. The molecule has 1 aromatic heterocycles. The lowest BCUT2D eigenvalue weighted by Crippen LogP contribution is -2.25. The summed E-state index contributed by atoms with van der Waals surface area (Å²) in [5, 5.41) is 15.2. The van der Waals surface area contributed by atoms with Crippen molar-refractivity contribution >= 4 is 29.3 Å². The standard InChI is InChI=1S/C29H31N5O2S/c1-18-7-6-8-24(13-18)31-27(35)17-37-29-33-32-26(34(29)25-14-19(2)9-10-21(25)4)16-30-28(36)23-12-11-20(3)22(5)15-23/h6-15H,16-17H2,1-5H3,(H,30,36)(H,31,35). The van der Waals surface area contributed by atoms with Crippen molar-refractivity contribution in [2.75, 3.05) is 11.1 Å². The van der Waals surface area contributed by atoms with Gasteiger partial charge in [0, 0.05) is 11.3 Å². The molecule has 0 unspecified atom stereocenters. The van der Waals surface area contributed by atoms with Gasteiger partial charge in [-0.15, -0.1) is 10.2 Å². The van der Waals surface area contributed by atoms with Gasteiger partial charge in [-0.3, -0.25) is 14.2 Å². The fourth-order valence-electron chi connectivity index (χ4n) is 3.90. The minimum Gasteiger partial charge on any atom is -0.345 e. The molecule has 37 heavy (non-hydrogen) atoms. The molecule has 0 aliphatic carbocycles. The molecule has 2 N–H and O–H groups in total. The van der Waals surface area contributed by atoms with E-state index in [4.69, 9.17) is 0 Å². The van der Waals surface area contributed by atoms with Crippen LogP contribution >= 0.6 is 11.8 Å². The van der Waals surface area contributed by atoms with Crippen LogP contribution in [0.15, 0.2) is 65.8 Å². The van der Waals surface area contributed by atoms with Gasteiger partial charge in [-0.2, -0.15) is 0 Å². The normalized spacial score (nSPS) is 10.8. The average Bonchev–Trinajstić information content (AvgIpc) is 3.27. The molecular weight excluding hydrogens is 482 g/mol. The molecule has 0 aliphatic heterocycles. The Morgan fingerprint density at radius 3 is 2.35 bits per heavy atom. The molecule has 7 nitrogen and oxygen atoms in total. The van der Waals surface area contributed by atoms with E-state index in [9.17, 15) is 9.59 Å². The maximum absolute atomic E-state index is 12.8. The third-order valence-electron chi connectivity index (χ3n) is 6.12. The highest BCUT2D eigenvalue weighted by Crippen LogP contribution is 2.25. The van der Waals surface area contributed by atoms with E-state index < -0.39 is 0 Å². The van der Waals surface area contributed by atoms with Crippen LogP contribution in [0.4, 0.5) is 5.69 Å². The summed E-state index contributed by atoms with van der Waals surface area (Å²) in [4.78, 5) is 25.5. The van der Waals surface area contributed by atoms with Gasteiger partial charge in [0.1, 0.15) is 0 Å². The van der Waals surface area contributed by atoms with E-state index in [1.54, 1.807) is 0 Å². The predicted octanol–water partition coefficient (Wildman–Crippen LogP) is 5.47. The van der Waals surface area contributed by atoms with Crippen molar-refractivity contribution in [2.45, 2.75) is 46.3 Å². The van der Waals surface area contributed by atoms with Crippen molar-refractivity contribution in [1.29, 1.82) is 0 Å². The van der Waals surface area contributed by atoms with Crippen molar-refractivity contribution in [3.8, 4) is 5.69 Å². The highest BCUT2D eigenvalue weighted by molar-refractivity contribution is 7.99. The second kappa shape index (κ2) is 11.4. The second-order valence-corrected chi connectivity index (χ2v) is 10.2.